The van der Waals surface area contributed by atoms with E-state index in [4.69, 9.17) is 15.2 Å². The number of nitrogens with one attached hydrogen (secondary N) is 2. The third kappa shape index (κ3) is 7.56. The molecule has 248 valence electrons. The number of nitrogens with two attached hydrogens (primary N) is 1. The van der Waals surface area contributed by atoms with Crippen molar-refractivity contribution in [2.75, 3.05) is 18.5 Å². The van der Waals surface area contributed by atoms with Crippen LogP contribution in [0.15, 0.2) is 55.3 Å². The van der Waals surface area contributed by atoms with E-state index in [0.717, 1.165) is 39.0 Å². The van der Waals surface area contributed by atoms with Gasteiger partial charge >= 0.3 is 11.9 Å². The van der Waals surface area contributed by atoms with E-state index in [-0.39, 0.29) is 56.3 Å². The third-order valence-corrected chi connectivity index (χ3v) is 7.34. The number of esters is 1. The number of hydrogen-bond acceptors (Lipinski definition) is 9. The summed E-state index contributed by atoms with van der Waals surface area (Å²) >= 11 is 0. The number of carbonyl (C=O) groups excluding carboxylic acids is 3. The fourth-order valence-electron chi connectivity index (χ4n) is 5.16. The van der Waals surface area contributed by atoms with E-state index < -0.39 is 29.4 Å². The Balaban J connectivity index is 0.000000336. The Kier molecular flexibility index (Phi) is 11.8. The number of carboxylic acid groups (broad SMARTS) is 1. The minimum atomic E-state index is -1.39. The number of anilines is 1. The molecule has 2 amide bonds. The molecule has 0 fully saturated rings. The van der Waals surface area contributed by atoms with Crippen LogP contribution in [-0.4, -0.2) is 56.7 Å². The minimum Gasteiger partial charge on any atom is -0.482 e. The zero-order valence-corrected chi connectivity index (χ0v) is 25.4. The number of aromatic nitrogens is 3. The van der Waals surface area contributed by atoms with E-state index in [2.05, 4.69) is 27.3 Å². The molecule has 6 rings (SSSR count). The predicted molar refractivity (Wildman–Crippen MR) is 173 cm³/mol. The standard InChI is InChI=1S/C22H19FN4O5.C9H10N2O2.CH4.ClH/c1-3-8-32-22(31)13-4-5-14-12(11(13)2)6-7-16(14)26-20(28)18-9-17(21(29)30)25-19-15(23)10-24-27(18)19;10-4-6-1-2-8-7(3-6)11-9(12)5-13-8;;/h3-5,9-10,16H,1,6-8H2,2H3,(H,26,28)(H,29,30);1-3H,4-5,10H2,(H,11,12);1H4;1H/t16-;;;/m0.../s1. The first-order valence-electron chi connectivity index (χ1n) is 13.9. The number of aromatic carboxylic acids is 1. The molecule has 13 nitrogen and oxygen atoms in total. The minimum absolute atomic E-state index is 0. The summed E-state index contributed by atoms with van der Waals surface area (Å²) in [4.78, 5) is 51.3. The van der Waals surface area contributed by atoms with Gasteiger partial charge in [0.15, 0.2) is 23.8 Å². The van der Waals surface area contributed by atoms with Gasteiger partial charge in [0.1, 0.15) is 18.1 Å². The normalized spacial score (nSPS) is 14.0. The first kappa shape index (κ1) is 36.1. The molecule has 5 N–H and O–H groups in total. The lowest BCUT2D eigenvalue weighted by molar-refractivity contribution is -0.118. The fourth-order valence-corrected chi connectivity index (χ4v) is 5.16. The number of fused-ring (bicyclic) bond motifs is 3. The lowest BCUT2D eigenvalue weighted by atomic mass is 9.98. The van der Waals surface area contributed by atoms with Gasteiger partial charge in [-0.3, -0.25) is 9.59 Å². The molecule has 0 radical (unpaired) electrons. The lowest BCUT2D eigenvalue weighted by Crippen LogP contribution is -2.29. The Labute approximate surface area is 275 Å². The SMILES string of the molecule is C.C=CCOC(=O)c1ccc2c(c1C)CC[C@@H]2NC(=O)c1cc(C(=O)O)nc2c(F)cnn12.Cl.NCc1ccc2c(c1)NC(=O)CO2. The molecule has 2 aromatic heterocycles. The van der Waals surface area contributed by atoms with Crippen molar-refractivity contribution in [3.63, 3.8) is 0 Å². The molecule has 15 heteroatoms. The number of carboxylic acids is 1. The maximum atomic E-state index is 13.9. The number of nitrogens with zero attached hydrogens (tertiary/aromatic N) is 3. The molecular formula is C32H34ClFN6O7. The van der Waals surface area contributed by atoms with Gasteiger partial charge in [0, 0.05) is 12.6 Å². The summed E-state index contributed by atoms with van der Waals surface area (Å²) < 4.78 is 25.2. The van der Waals surface area contributed by atoms with E-state index in [0.29, 0.717) is 36.4 Å². The average molecular weight is 669 g/mol. The van der Waals surface area contributed by atoms with Crippen LogP contribution in [0.25, 0.3) is 5.65 Å². The van der Waals surface area contributed by atoms with Crippen molar-refractivity contribution in [2.24, 2.45) is 5.73 Å². The Morgan fingerprint density at radius 1 is 1.28 bits per heavy atom. The first-order valence-corrected chi connectivity index (χ1v) is 13.9. The monoisotopic (exact) mass is 668 g/mol. The smallest absolute Gasteiger partial charge is 0.354 e. The maximum Gasteiger partial charge on any atom is 0.354 e. The van der Waals surface area contributed by atoms with Crippen molar-refractivity contribution in [2.45, 2.75) is 39.8 Å². The van der Waals surface area contributed by atoms with Crippen LogP contribution < -0.4 is 21.1 Å². The summed E-state index contributed by atoms with van der Waals surface area (Å²) in [6.07, 6.45) is 3.58. The fraction of sp³-hybridized carbons (Fsp3) is 0.250. The number of hydrogen-bond donors (Lipinski definition) is 4. The largest absolute Gasteiger partial charge is 0.482 e. The summed E-state index contributed by atoms with van der Waals surface area (Å²) in [7, 11) is 0. The summed E-state index contributed by atoms with van der Waals surface area (Å²) in [6, 6.07) is 9.63. The number of benzene rings is 2. The van der Waals surface area contributed by atoms with Gasteiger partial charge in [-0.15, -0.1) is 12.4 Å². The molecule has 4 aromatic rings. The van der Waals surface area contributed by atoms with E-state index in [1.807, 2.05) is 25.1 Å². The topological polar surface area (TPSA) is 187 Å². The molecule has 1 aliphatic carbocycles. The molecule has 3 heterocycles. The van der Waals surface area contributed by atoms with Crippen LogP contribution in [0, 0.1) is 12.7 Å². The lowest BCUT2D eigenvalue weighted by Gasteiger charge is -2.18. The van der Waals surface area contributed by atoms with Crippen LogP contribution in [0.4, 0.5) is 10.1 Å². The van der Waals surface area contributed by atoms with Crippen molar-refractivity contribution >= 4 is 47.5 Å². The van der Waals surface area contributed by atoms with E-state index in [1.54, 1.807) is 12.1 Å². The van der Waals surface area contributed by atoms with Crippen LogP contribution in [0.2, 0.25) is 0 Å². The maximum absolute atomic E-state index is 13.9. The van der Waals surface area contributed by atoms with Gasteiger partial charge in [-0.05, 0) is 60.2 Å². The number of carbonyl (C=O) groups is 4. The number of rotatable bonds is 7. The predicted octanol–water partition coefficient (Wildman–Crippen LogP) is 4.17. The highest BCUT2D eigenvalue weighted by molar-refractivity contribution is 5.97. The molecule has 0 spiro atoms. The summed E-state index contributed by atoms with van der Waals surface area (Å²) in [5, 5.41) is 18.6. The van der Waals surface area contributed by atoms with Gasteiger partial charge in [0.05, 0.1) is 23.5 Å². The van der Waals surface area contributed by atoms with Crippen molar-refractivity contribution in [3.05, 3.63) is 100 Å². The van der Waals surface area contributed by atoms with Crippen LogP contribution in [0.5, 0.6) is 5.75 Å². The Hall–Kier alpha value is -5.34. The highest BCUT2D eigenvalue weighted by Crippen LogP contribution is 2.35. The highest BCUT2D eigenvalue weighted by Gasteiger charge is 2.29. The van der Waals surface area contributed by atoms with Gasteiger partial charge in [-0.2, -0.15) is 5.10 Å². The van der Waals surface area contributed by atoms with E-state index in [1.165, 1.54) is 6.08 Å². The first-order chi connectivity index (χ1) is 21.6. The molecule has 2 aromatic carbocycles. The van der Waals surface area contributed by atoms with Gasteiger partial charge < -0.3 is 30.9 Å². The molecule has 0 saturated heterocycles. The van der Waals surface area contributed by atoms with Crippen molar-refractivity contribution in [3.8, 4) is 5.75 Å². The second-order valence-electron chi connectivity index (χ2n) is 10.2. The highest BCUT2D eigenvalue weighted by atomic mass is 35.5. The van der Waals surface area contributed by atoms with Crippen LogP contribution >= 0.6 is 12.4 Å². The number of halogens is 2. The van der Waals surface area contributed by atoms with Crippen molar-refractivity contribution in [1.29, 1.82) is 0 Å². The second-order valence-corrected chi connectivity index (χ2v) is 10.2. The summed E-state index contributed by atoms with van der Waals surface area (Å²) in [5.41, 5.74) is 9.22. The van der Waals surface area contributed by atoms with Gasteiger partial charge in [0.2, 0.25) is 0 Å². The van der Waals surface area contributed by atoms with Gasteiger partial charge in [0.25, 0.3) is 11.8 Å². The quantitative estimate of drug-likeness (QED) is 0.164. The van der Waals surface area contributed by atoms with Crippen molar-refractivity contribution in [1.82, 2.24) is 19.9 Å². The number of ether oxygens (including phenoxy) is 2. The molecular weight excluding hydrogens is 635 g/mol. The summed E-state index contributed by atoms with van der Waals surface area (Å²) in [5.74, 6) is -2.70. The third-order valence-electron chi connectivity index (χ3n) is 7.34. The number of amides is 2. The molecule has 2 aliphatic rings. The van der Waals surface area contributed by atoms with Gasteiger partial charge in [-0.1, -0.05) is 32.2 Å². The van der Waals surface area contributed by atoms with Crippen LogP contribution in [0.3, 0.4) is 0 Å². The molecule has 0 unspecified atom stereocenters. The van der Waals surface area contributed by atoms with Crippen molar-refractivity contribution < 1.29 is 38.1 Å². The molecule has 0 saturated carbocycles. The van der Waals surface area contributed by atoms with E-state index >= 15 is 0 Å². The average Bonchev–Trinajstić information content (AvgIpc) is 3.62. The van der Waals surface area contributed by atoms with Gasteiger partial charge in [-0.25, -0.2) is 23.5 Å². The molecule has 0 bridgehead atoms. The Morgan fingerprint density at radius 3 is 2.74 bits per heavy atom. The molecule has 1 aliphatic heterocycles. The Morgan fingerprint density at radius 2 is 2.04 bits per heavy atom. The Bertz CT molecular complexity index is 1860. The zero-order chi connectivity index (χ0) is 32.2. The molecule has 47 heavy (non-hydrogen) atoms. The van der Waals surface area contributed by atoms with E-state index in [9.17, 15) is 28.7 Å². The molecule has 1 atom stereocenters. The second kappa shape index (κ2) is 15.3. The summed E-state index contributed by atoms with van der Waals surface area (Å²) in [6.45, 7) is 6.01. The zero-order valence-electron chi connectivity index (χ0n) is 24.5. The van der Waals surface area contributed by atoms with Crippen LogP contribution in [0.1, 0.15) is 73.5 Å². The van der Waals surface area contributed by atoms with Crippen LogP contribution in [-0.2, 0) is 22.5 Å².